The fraction of sp³-hybridized carbons (Fsp3) is 0.700. The predicted octanol–water partition coefficient (Wildman–Crippen LogP) is 1.41. The number of nitrogens with zero attached hydrogens (tertiary/aromatic N) is 2. The number of rotatable bonds is 5. The minimum Gasteiger partial charge on any atom is -0.301 e. The van der Waals surface area contributed by atoms with Crippen LogP contribution in [0.3, 0.4) is 0 Å². The SMILES string of the molecule is Cc1c(CNOCC(C)C)cnn1C. The van der Waals surface area contributed by atoms with Crippen molar-refractivity contribution in [2.24, 2.45) is 13.0 Å². The number of nitrogens with one attached hydrogen (secondary N) is 1. The van der Waals surface area contributed by atoms with Crippen molar-refractivity contribution >= 4 is 0 Å². The van der Waals surface area contributed by atoms with E-state index in [0.717, 1.165) is 6.61 Å². The highest BCUT2D eigenvalue weighted by Gasteiger charge is 2.02. The highest BCUT2D eigenvalue weighted by molar-refractivity contribution is 5.14. The number of hydrogen-bond donors (Lipinski definition) is 1. The lowest BCUT2D eigenvalue weighted by atomic mass is 10.2. The van der Waals surface area contributed by atoms with Crippen molar-refractivity contribution in [3.63, 3.8) is 0 Å². The van der Waals surface area contributed by atoms with Gasteiger partial charge in [-0.05, 0) is 12.8 Å². The molecule has 0 amide bonds. The van der Waals surface area contributed by atoms with E-state index < -0.39 is 0 Å². The van der Waals surface area contributed by atoms with Gasteiger partial charge in [-0.25, -0.2) is 0 Å². The molecule has 1 rings (SSSR count). The Balaban J connectivity index is 2.28. The lowest BCUT2D eigenvalue weighted by molar-refractivity contribution is 0.0195. The van der Waals surface area contributed by atoms with Crippen LogP contribution in [0.25, 0.3) is 0 Å². The molecule has 0 aromatic carbocycles. The Morgan fingerprint density at radius 3 is 2.79 bits per heavy atom. The van der Waals surface area contributed by atoms with Crippen LogP contribution < -0.4 is 5.48 Å². The zero-order chi connectivity index (χ0) is 10.6. The fourth-order valence-corrected chi connectivity index (χ4v) is 1.07. The Hall–Kier alpha value is -0.870. The summed E-state index contributed by atoms with van der Waals surface area (Å²) in [6.07, 6.45) is 1.86. The summed E-state index contributed by atoms with van der Waals surface area (Å²) in [6, 6.07) is 0. The van der Waals surface area contributed by atoms with Crippen LogP contribution in [0.15, 0.2) is 6.20 Å². The monoisotopic (exact) mass is 197 g/mol. The van der Waals surface area contributed by atoms with Gasteiger partial charge in [0.25, 0.3) is 0 Å². The summed E-state index contributed by atoms with van der Waals surface area (Å²) < 4.78 is 1.86. The molecule has 0 radical (unpaired) electrons. The van der Waals surface area contributed by atoms with Gasteiger partial charge in [-0.2, -0.15) is 10.6 Å². The van der Waals surface area contributed by atoms with E-state index in [1.807, 2.05) is 24.9 Å². The lowest BCUT2D eigenvalue weighted by Crippen LogP contribution is -2.17. The van der Waals surface area contributed by atoms with E-state index in [0.29, 0.717) is 12.5 Å². The normalized spacial score (nSPS) is 11.2. The molecule has 4 nitrogen and oxygen atoms in total. The Labute approximate surface area is 85.2 Å². The minimum atomic E-state index is 0.553. The second-order valence-electron chi connectivity index (χ2n) is 3.90. The third kappa shape index (κ3) is 3.12. The maximum atomic E-state index is 5.28. The van der Waals surface area contributed by atoms with Crippen LogP contribution >= 0.6 is 0 Å². The number of hydroxylamine groups is 1. The van der Waals surface area contributed by atoms with E-state index in [2.05, 4.69) is 24.4 Å². The maximum Gasteiger partial charge on any atom is 0.0705 e. The van der Waals surface area contributed by atoms with Gasteiger partial charge in [-0.15, -0.1) is 0 Å². The van der Waals surface area contributed by atoms with E-state index >= 15 is 0 Å². The van der Waals surface area contributed by atoms with Gasteiger partial charge in [0.2, 0.25) is 0 Å². The van der Waals surface area contributed by atoms with Crippen LogP contribution in [0, 0.1) is 12.8 Å². The molecule has 0 aliphatic carbocycles. The Bertz CT molecular complexity index is 281. The highest BCUT2D eigenvalue weighted by atomic mass is 16.6. The smallest absolute Gasteiger partial charge is 0.0705 e. The molecule has 0 unspecified atom stereocenters. The molecule has 0 aliphatic heterocycles. The van der Waals surface area contributed by atoms with Gasteiger partial charge in [0.05, 0.1) is 12.8 Å². The summed E-state index contributed by atoms with van der Waals surface area (Å²) in [5.74, 6) is 0.553. The van der Waals surface area contributed by atoms with Crippen molar-refractivity contribution < 1.29 is 4.84 Å². The molecule has 0 fully saturated rings. The quantitative estimate of drug-likeness (QED) is 0.573. The van der Waals surface area contributed by atoms with Crippen molar-refractivity contribution in [2.45, 2.75) is 27.3 Å². The summed E-state index contributed by atoms with van der Waals surface area (Å²) in [7, 11) is 1.94. The van der Waals surface area contributed by atoms with E-state index in [-0.39, 0.29) is 0 Å². The van der Waals surface area contributed by atoms with E-state index in [1.165, 1.54) is 11.3 Å². The molecule has 80 valence electrons. The van der Waals surface area contributed by atoms with Gasteiger partial charge in [0.1, 0.15) is 0 Å². The molecule has 0 aliphatic rings. The molecule has 0 bridgehead atoms. The highest BCUT2D eigenvalue weighted by Crippen LogP contribution is 2.04. The van der Waals surface area contributed by atoms with Gasteiger partial charge in [0.15, 0.2) is 0 Å². The first-order chi connectivity index (χ1) is 6.61. The summed E-state index contributed by atoms with van der Waals surface area (Å²) in [4.78, 5) is 5.28. The molecule has 1 heterocycles. The second-order valence-corrected chi connectivity index (χ2v) is 3.90. The van der Waals surface area contributed by atoms with Crippen molar-refractivity contribution in [2.75, 3.05) is 6.61 Å². The lowest BCUT2D eigenvalue weighted by Gasteiger charge is -2.07. The van der Waals surface area contributed by atoms with Crippen molar-refractivity contribution in [3.8, 4) is 0 Å². The average molecular weight is 197 g/mol. The summed E-state index contributed by atoms with van der Waals surface area (Å²) in [5.41, 5.74) is 5.28. The first-order valence-electron chi connectivity index (χ1n) is 4.93. The van der Waals surface area contributed by atoms with Gasteiger partial charge >= 0.3 is 0 Å². The molecule has 1 N–H and O–H groups in total. The Morgan fingerprint density at radius 1 is 1.57 bits per heavy atom. The van der Waals surface area contributed by atoms with Crippen LogP contribution in [-0.4, -0.2) is 16.4 Å². The van der Waals surface area contributed by atoms with Crippen LogP contribution in [0.1, 0.15) is 25.1 Å². The summed E-state index contributed by atoms with van der Waals surface area (Å²) in [6.45, 7) is 7.74. The minimum absolute atomic E-state index is 0.553. The molecule has 0 spiro atoms. The Morgan fingerprint density at radius 2 is 2.29 bits per heavy atom. The molecule has 4 heteroatoms. The molecule has 1 aromatic heterocycles. The summed E-state index contributed by atoms with van der Waals surface area (Å²) in [5, 5.41) is 4.15. The van der Waals surface area contributed by atoms with E-state index in [4.69, 9.17) is 4.84 Å². The van der Waals surface area contributed by atoms with Crippen LogP contribution in [0.4, 0.5) is 0 Å². The molecule has 0 saturated carbocycles. The second kappa shape index (κ2) is 5.12. The van der Waals surface area contributed by atoms with Gasteiger partial charge in [0, 0.05) is 24.8 Å². The standard InChI is InChI=1S/C10H19N3O/c1-8(2)7-14-12-6-10-5-11-13(4)9(10)3/h5,8,12H,6-7H2,1-4H3. The average Bonchev–Trinajstić information content (AvgIpc) is 2.43. The van der Waals surface area contributed by atoms with E-state index in [9.17, 15) is 0 Å². The first-order valence-corrected chi connectivity index (χ1v) is 4.93. The zero-order valence-corrected chi connectivity index (χ0v) is 9.37. The molecule has 14 heavy (non-hydrogen) atoms. The summed E-state index contributed by atoms with van der Waals surface area (Å²) >= 11 is 0. The molecular formula is C10H19N3O. The fourth-order valence-electron chi connectivity index (χ4n) is 1.07. The van der Waals surface area contributed by atoms with Crippen molar-refractivity contribution in [1.82, 2.24) is 15.3 Å². The Kier molecular flexibility index (Phi) is 4.10. The third-order valence-electron chi connectivity index (χ3n) is 2.12. The number of hydrogen-bond acceptors (Lipinski definition) is 3. The van der Waals surface area contributed by atoms with Crippen molar-refractivity contribution in [3.05, 3.63) is 17.5 Å². The van der Waals surface area contributed by atoms with Gasteiger partial charge < -0.3 is 4.84 Å². The van der Waals surface area contributed by atoms with Crippen LogP contribution in [0.5, 0.6) is 0 Å². The van der Waals surface area contributed by atoms with E-state index in [1.54, 1.807) is 0 Å². The largest absolute Gasteiger partial charge is 0.301 e. The molecule has 0 atom stereocenters. The van der Waals surface area contributed by atoms with Crippen molar-refractivity contribution in [1.29, 1.82) is 0 Å². The zero-order valence-electron chi connectivity index (χ0n) is 9.37. The maximum absolute atomic E-state index is 5.28. The number of aryl methyl sites for hydroxylation is 1. The topological polar surface area (TPSA) is 39.1 Å². The number of aromatic nitrogens is 2. The molecular weight excluding hydrogens is 178 g/mol. The van der Waals surface area contributed by atoms with Gasteiger partial charge in [-0.1, -0.05) is 13.8 Å². The van der Waals surface area contributed by atoms with Crippen LogP contribution in [-0.2, 0) is 18.4 Å². The predicted molar refractivity (Wildman–Crippen MR) is 55.6 cm³/mol. The third-order valence-corrected chi connectivity index (χ3v) is 2.12. The molecule has 0 saturated heterocycles. The van der Waals surface area contributed by atoms with Crippen LogP contribution in [0.2, 0.25) is 0 Å². The first kappa shape index (κ1) is 11.2. The molecule has 1 aromatic rings. The van der Waals surface area contributed by atoms with Gasteiger partial charge in [-0.3, -0.25) is 4.68 Å².